The van der Waals surface area contributed by atoms with Gasteiger partial charge in [-0.1, -0.05) is 12.1 Å². The summed E-state index contributed by atoms with van der Waals surface area (Å²) in [5.74, 6) is 0.312. The molecule has 176 valence electrons. The Labute approximate surface area is 185 Å². The van der Waals surface area contributed by atoms with E-state index >= 15 is 0 Å². The molecule has 2 aromatic carbocycles. The first-order chi connectivity index (χ1) is 14.8. The van der Waals surface area contributed by atoms with Crippen molar-refractivity contribution in [3.8, 4) is 11.5 Å². The predicted octanol–water partition coefficient (Wildman–Crippen LogP) is 3.58. The molecule has 1 amide bonds. The highest BCUT2D eigenvalue weighted by atomic mass is 32.2. The van der Waals surface area contributed by atoms with Gasteiger partial charge in [0.25, 0.3) is 0 Å². The SMILES string of the molecule is COc1cc(CNC(=O)CN(c2cccc(C(F)(F)F)c2)S(C)(=O)=O)ccc1OC(C)C. The molecule has 1 N–H and O–H groups in total. The van der Waals surface area contributed by atoms with Gasteiger partial charge in [-0.05, 0) is 49.7 Å². The van der Waals surface area contributed by atoms with Gasteiger partial charge in [0.15, 0.2) is 11.5 Å². The zero-order valence-corrected chi connectivity index (χ0v) is 18.9. The molecule has 0 heterocycles. The van der Waals surface area contributed by atoms with Crippen molar-refractivity contribution in [2.24, 2.45) is 0 Å². The van der Waals surface area contributed by atoms with Gasteiger partial charge in [-0.2, -0.15) is 13.2 Å². The number of hydrogen-bond donors (Lipinski definition) is 1. The van der Waals surface area contributed by atoms with Gasteiger partial charge in [0.05, 0.1) is 30.7 Å². The second kappa shape index (κ2) is 10.1. The number of methoxy groups -OCH3 is 1. The summed E-state index contributed by atoms with van der Waals surface area (Å²) in [7, 11) is -2.54. The molecular weight excluding hydrogens is 449 g/mol. The third kappa shape index (κ3) is 7.04. The van der Waals surface area contributed by atoms with Crippen LogP contribution >= 0.6 is 0 Å². The van der Waals surface area contributed by atoms with E-state index < -0.39 is 34.2 Å². The van der Waals surface area contributed by atoms with Crippen LogP contribution in [0.4, 0.5) is 18.9 Å². The summed E-state index contributed by atoms with van der Waals surface area (Å²) in [6.45, 7) is 3.11. The van der Waals surface area contributed by atoms with Crippen LogP contribution < -0.4 is 19.1 Å². The van der Waals surface area contributed by atoms with Crippen LogP contribution in [0.25, 0.3) is 0 Å². The topological polar surface area (TPSA) is 84.9 Å². The minimum atomic E-state index is -4.65. The van der Waals surface area contributed by atoms with Crippen LogP contribution in [0.3, 0.4) is 0 Å². The third-order valence-electron chi connectivity index (χ3n) is 4.23. The van der Waals surface area contributed by atoms with Crippen molar-refractivity contribution in [3.05, 3.63) is 53.6 Å². The fourth-order valence-corrected chi connectivity index (χ4v) is 3.65. The molecule has 0 aliphatic carbocycles. The Balaban J connectivity index is 2.14. The Bertz CT molecular complexity index is 1060. The number of halogens is 3. The van der Waals surface area contributed by atoms with Crippen molar-refractivity contribution >= 4 is 21.6 Å². The number of rotatable bonds is 9. The average molecular weight is 475 g/mol. The van der Waals surface area contributed by atoms with Crippen molar-refractivity contribution < 1.29 is 35.9 Å². The number of ether oxygens (including phenoxy) is 2. The summed E-state index contributed by atoms with van der Waals surface area (Å²) in [6, 6.07) is 8.85. The van der Waals surface area contributed by atoms with Crippen LogP contribution in [-0.2, 0) is 27.5 Å². The van der Waals surface area contributed by atoms with E-state index in [2.05, 4.69) is 5.32 Å². The predicted molar refractivity (Wildman–Crippen MR) is 114 cm³/mol. The number of hydrogen-bond acceptors (Lipinski definition) is 5. The van der Waals surface area contributed by atoms with Crippen molar-refractivity contribution in [1.29, 1.82) is 0 Å². The van der Waals surface area contributed by atoms with Crippen molar-refractivity contribution in [3.63, 3.8) is 0 Å². The van der Waals surface area contributed by atoms with Gasteiger partial charge >= 0.3 is 6.18 Å². The number of alkyl halides is 3. The van der Waals surface area contributed by atoms with E-state index in [4.69, 9.17) is 9.47 Å². The maximum absolute atomic E-state index is 13.0. The quantitative estimate of drug-likeness (QED) is 0.601. The lowest BCUT2D eigenvalue weighted by Gasteiger charge is -2.23. The smallest absolute Gasteiger partial charge is 0.416 e. The Morgan fingerprint density at radius 2 is 1.81 bits per heavy atom. The van der Waals surface area contributed by atoms with E-state index in [-0.39, 0.29) is 18.3 Å². The molecule has 0 radical (unpaired) electrons. The Morgan fingerprint density at radius 1 is 1.12 bits per heavy atom. The van der Waals surface area contributed by atoms with Crippen molar-refractivity contribution in [2.45, 2.75) is 32.7 Å². The second-order valence-corrected chi connectivity index (χ2v) is 9.15. The molecule has 0 fully saturated rings. The minimum absolute atomic E-state index is 0.0529. The molecule has 0 bridgehead atoms. The first-order valence-corrected chi connectivity index (χ1v) is 11.4. The fourth-order valence-electron chi connectivity index (χ4n) is 2.80. The largest absolute Gasteiger partial charge is 0.493 e. The zero-order chi connectivity index (χ0) is 24.1. The van der Waals surface area contributed by atoms with Crippen LogP contribution in [0.5, 0.6) is 11.5 Å². The van der Waals surface area contributed by atoms with Gasteiger partial charge in [0.1, 0.15) is 6.54 Å². The number of nitrogens with one attached hydrogen (secondary N) is 1. The summed E-state index contributed by atoms with van der Waals surface area (Å²) < 4.78 is 74.8. The number of nitrogens with zero attached hydrogens (tertiary/aromatic N) is 1. The van der Waals surface area contributed by atoms with Gasteiger partial charge < -0.3 is 14.8 Å². The molecular formula is C21H25F3N2O5S. The minimum Gasteiger partial charge on any atom is -0.493 e. The highest BCUT2D eigenvalue weighted by Crippen LogP contribution is 2.32. The fraction of sp³-hybridized carbons (Fsp3) is 0.381. The molecule has 2 aromatic rings. The van der Waals surface area contributed by atoms with Crippen LogP contribution in [0.15, 0.2) is 42.5 Å². The van der Waals surface area contributed by atoms with Gasteiger partial charge in [0.2, 0.25) is 15.9 Å². The van der Waals surface area contributed by atoms with E-state index in [1.807, 2.05) is 13.8 Å². The summed E-state index contributed by atoms with van der Waals surface area (Å²) in [5, 5.41) is 2.56. The highest BCUT2D eigenvalue weighted by molar-refractivity contribution is 7.92. The number of benzene rings is 2. The van der Waals surface area contributed by atoms with E-state index in [0.29, 0.717) is 27.4 Å². The van der Waals surface area contributed by atoms with Crippen LogP contribution in [0.2, 0.25) is 0 Å². The lowest BCUT2D eigenvalue weighted by Crippen LogP contribution is -2.40. The number of sulfonamides is 1. The van der Waals surface area contributed by atoms with E-state index in [1.165, 1.54) is 13.2 Å². The van der Waals surface area contributed by atoms with Gasteiger partial charge in [-0.15, -0.1) is 0 Å². The first-order valence-electron chi connectivity index (χ1n) is 9.56. The van der Waals surface area contributed by atoms with Gasteiger partial charge in [0, 0.05) is 6.54 Å². The number of carbonyl (C=O) groups is 1. The average Bonchev–Trinajstić information content (AvgIpc) is 2.69. The van der Waals surface area contributed by atoms with Gasteiger partial charge in [-0.3, -0.25) is 9.10 Å². The number of amides is 1. The van der Waals surface area contributed by atoms with Crippen LogP contribution in [-0.4, -0.2) is 40.3 Å². The lowest BCUT2D eigenvalue weighted by atomic mass is 10.2. The summed E-state index contributed by atoms with van der Waals surface area (Å²) in [6.07, 6.45) is -3.89. The zero-order valence-electron chi connectivity index (χ0n) is 18.1. The van der Waals surface area contributed by atoms with Crippen LogP contribution in [0, 0.1) is 0 Å². The molecule has 0 aliphatic rings. The molecule has 0 saturated heterocycles. The third-order valence-corrected chi connectivity index (χ3v) is 5.37. The molecule has 0 atom stereocenters. The molecule has 0 aliphatic heterocycles. The van der Waals surface area contributed by atoms with Gasteiger partial charge in [-0.25, -0.2) is 8.42 Å². The molecule has 0 saturated carbocycles. The Kier molecular flexibility index (Phi) is 8.00. The maximum atomic E-state index is 13.0. The first kappa shape index (κ1) is 25.3. The maximum Gasteiger partial charge on any atom is 0.416 e. The molecule has 32 heavy (non-hydrogen) atoms. The van der Waals surface area contributed by atoms with Crippen LogP contribution in [0.1, 0.15) is 25.0 Å². The number of carbonyl (C=O) groups excluding carboxylic acids is 1. The van der Waals surface area contributed by atoms with Crippen molar-refractivity contribution in [1.82, 2.24) is 5.32 Å². The lowest BCUT2D eigenvalue weighted by molar-refractivity contribution is -0.137. The molecule has 11 heteroatoms. The molecule has 7 nitrogen and oxygen atoms in total. The summed E-state index contributed by atoms with van der Waals surface area (Å²) >= 11 is 0. The monoisotopic (exact) mass is 474 g/mol. The standard InChI is InChI=1S/C21H25F3N2O5S/c1-14(2)31-18-9-8-15(10-19(18)30-3)12-25-20(27)13-26(32(4,28)29)17-7-5-6-16(11-17)21(22,23)24/h5-11,14H,12-13H2,1-4H3,(H,25,27). The molecule has 0 unspecified atom stereocenters. The molecule has 2 rings (SSSR count). The Morgan fingerprint density at radius 3 is 2.38 bits per heavy atom. The molecule has 0 spiro atoms. The van der Waals surface area contributed by atoms with E-state index in [0.717, 1.165) is 18.4 Å². The molecule has 0 aromatic heterocycles. The summed E-state index contributed by atoms with van der Waals surface area (Å²) in [5.41, 5.74) is -0.606. The second-order valence-electron chi connectivity index (χ2n) is 7.25. The highest BCUT2D eigenvalue weighted by Gasteiger charge is 2.32. The van der Waals surface area contributed by atoms with E-state index in [1.54, 1.807) is 18.2 Å². The number of anilines is 1. The van der Waals surface area contributed by atoms with E-state index in [9.17, 15) is 26.4 Å². The van der Waals surface area contributed by atoms with Crippen molar-refractivity contribution in [2.75, 3.05) is 24.2 Å². The Hall–Kier alpha value is -2.95. The summed E-state index contributed by atoms with van der Waals surface area (Å²) in [4.78, 5) is 12.4. The normalized spacial score (nSPS) is 11.9.